The monoisotopic (exact) mass is 440 g/mol. The third-order valence-electron chi connectivity index (χ3n) is 4.97. The average Bonchev–Trinajstić information content (AvgIpc) is 3.40. The summed E-state index contributed by atoms with van der Waals surface area (Å²) in [7, 11) is 0. The number of aryl methyl sites for hydroxylation is 1. The topological polar surface area (TPSA) is 77.5 Å². The second-order valence-corrected chi connectivity index (χ2v) is 8.75. The maximum atomic E-state index is 12.3. The van der Waals surface area contributed by atoms with Crippen LogP contribution in [0.1, 0.15) is 11.3 Å². The van der Waals surface area contributed by atoms with Gasteiger partial charge in [0.2, 0.25) is 5.95 Å². The Balaban J connectivity index is 1.50. The molecule has 1 saturated heterocycles. The van der Waals surface area contributed by atoms with Crippen LogP contribution in [0.2, 0.25) is 0 Å². The lowest BCUT2D eigenvalue weighted by atomic mass is 10.2. The van der Waals surface area contributed by atoms with Crippen LogP contribution in [0.5, 0.6) is 0 Å². The Morgan fingerprint density at radius 2 is 2.03 bits per heavy atom. The Kier molecular flexibility index (Phi) is 5.28. The highest BCUT2D eigenvalue weighted by Crippen LogP contribution is 2.30. The van der Waals surface area contributed by atoms with Gasteiger partial charge in [-0.2, -0.15) is 0 Å². The van der Waals surface area contributed by atoms with Gasteiger partial charge in [0, 0.05) is 36.5 Å². The molecule has 4 heterocycles. The molecular weight excluding hydrogens is 420 g/mol. The molecule has 154 valence electrons. The fourth-order valence-corrected chi connectivity index (χ4v) is 5.02. The Bertz CT molecular complexity index is 1240. The van der Waals surface area contributed by atoms with Crippen LogP contribution in [0, 0.1) is 6.92 Å². The van der Waals surface area contributed by atoms with Crippen molar-refractivity contribution in [3.63, 3.8) is 0 Å². The zero-order valence-corrected chi connectivity index (χ0v) is 18.0. The number of thioether (sulfide) groups is 1. The number of anilines is 1. The number of hydrogen-bond donors (Lipinski definition) is 0. The van der Waals surface area contributed by atoms with Gasteiger partial charge in [0.1, 0.15) is 0 Å². The van der Waals surface area contributed by atoms with E-state index in [1.165, 1.54) is 23.1 Å². The molecular formula is C20H20N6O2S2. The lowest BCUT2D eigenvalue weighted by Crippen LogP contribution is -2.38. The highest BCUT2D eigenvalue weighted by molar-refractivity contribution is 7.98. The van der Waals surface area contributed by atoms with Crippen LogP contribution < -0.4 is 10.5 Å². The highest BCUT2D eigenvalue weighted by atomic mass is 32.2. The SMILES string of the molecule is Cc1ccccc1-n1c(SCc2cc(=O)n3ccsc3n2)nnc1N1CCOCC1. The molecule has 0 aliphatic carbocycles. The van der Waals surface area contributed by atoms with Crippen LogP contribution in [-0.4, -0.2) is 50.5 Å². The molecule has 30 heavy (non-hydrogen) atoms. The van der Waals surface area contributed by atoms with Gasteiger partial charge in [-0.15, -0.1) is 21.5 Å². The summed E-state index contributed by atoms with van der Waals surface area (Å²) < 4.78 is 9.16. The van der Waals surface area contributed by atoms with E-state index >= 15 is 0 Å². The molecule has 0 unspecified atom stereocenters. The number of rotatable bonds is 5. The predicted octanol–water partition coefficient (Wildman–Crippen LogP) is 2.77. The fourth-order valence-electron chi connectivity index (χ4n) is 3.45. The minimum atomic E-state index is -0.0637. The summed E-state index contributed by atoms with van der Waals surface area (Å²) in [5.41, 5.74) is 2.86. The number of benzene rings is 1. The molecule has 0 spiro atoms. The van der Waals surface area contributed by atoms with Crippen molar-refractivity contribution in [3.05, 3.63) is 63.5 Å². The van der Waals surface area contributed by atoms with E-state index in [1.807, 2.05) is 17.5 Å². The fraction of sp³-hybridized carbons (Fsp3) is 0.300. The quantitative estimate of drug-likeness (QED) is 0.442. The van der Waals surface area contributed by atoms with Crippen LogP contribution in [0.4, 0.5) is 5.95 Å². The molecule has 1 aliphatic heterocycles. The molecule has 1 fully saturated rings. The number of hydrogen-bond acceptors (Lipinski definition) is 8. The number of morpholine rings is 1. The Morgan fingerprint density at radius 1 is 1.20 bits per heavy atom. The van der Waals surface area contributed by atoms with Gasteiger partial charge in [0.05, 0.1) is 24.6 Å². The molecule has 1 aromatic carbocycles. The molecule has 10 heteroatoms. The molecule has 3 aromatic heterocycles. The molecule has 0 amide bonds. The van der Waals surface area contributed by atoms with Gasteiger partial charge in [-0.1, -0.05) is 30.0 Å². The van der Waals surface area contributed by atoms with Gasteiger partial charge >= 0.3 is 0 Å². The summed E-state index contributed by atoms with van der Waals surface area (Å²) in [6.07, 6.45) is 1.75. The summed E-state index contributed by atoms with van der Waals surface area (Å²) in [5, 5.41) is 11.6. The van der Waals surface area contributed by atoms with Crippen molar-refractivity contribution in [2.75, 3.05) is 31.2 Å². The first kappa shape index (κ1) is 19.3. The van der Waals surface area contributed by atoms with Gasteiger partial charge in [0.15, 0.2) is 10.1 Å². The lowest BCUT2D eigenvalue weighted by molar-refractivity contribution is 0.122. The molecule has 0 bridgehead atoms. The molecule has 1 aliphatic rings. The van der Waals surface area contributed by atoms with E-state index in [9.17, 15) is 4.79 Å². The molecule has 5 rings (SSSR count). The van der Waals surface area contributed by atoms with Crippen molar-refractivity contribution < 1.29 is 4.74 Å². The number of fused-ring (bicyclic) bond motifs is 1. The van der Waals surface area contributed by atoms with Crippen LogP contribution in [0.3, 0.4) is 0 Å². The minimum Gasteiger partial charge on any atom is -0.378 e. The van der Waals surface area contributed by atoms with Crippen molar-refractivity contribution in [2.24, 2.45) is 0 Å². The molecule has 0 atom stereocenters. The number of para-hydroxylation sites is 1. The third kappa shape index (κ3) is 3.62. The van der Waals surface area contributed by atoms with Crippen molar-refractivity contribution in [1.82, 2.24) is 24.1 Å². The summed E-state index contributed by atoms with van der Waals surface area (Å²) in [6.45, 7) is 5.00. The Labute approximate surface area is 181 Å². The largest absolute Gasteiger partial charge is 0.378 e. The molecule has 8 nitrogen and oxygen atoms in total. The predicted molar refractivity (Wildman–Crippen MR) is 118 cm³/mol. The van der Waals surface area contributed by atoms with Crippen LogP contribution >= 0.6 is 23.1 Å². The maximum Gasteiger partial charge on any atom is 0.258 e. The zero-order valence-electron chi connectivity index (χ0n) is 16.4. The van der Waals surface area contributed by atoms with Crippen molar-refractivity contribution >= 4 is 34.0 Å². The van der Waals surface area contributed by atoms with E-state index in [2.05, 4.69) is 43.7 Å². The summed E-state index contributed by atoms with van der Waals surface area (Å²) in [4.78, 5) is 19.8. The third-order valence-corrected chi connectivity index (χ3v) is 6.69. The van der Waals surface area contributed by atoms with E-state index < -0.39 is 0 Å². The van der Waals surface area contributed by atoms with Gasteiger partial charge in [-0.3, -0.25) is 13.8 Å². The van der Waals surface area contributed by atoms with Crippen LogP contribution in [-0.2, 0) is 10.5 Å². The maximum absolute atomic E-state index is 12.3. The van der Waals surface area contributed by atoms with E-state index in [-0.39, 0.29) is 5.56 Å². The van der Waals surface area contributed by atoms with Crippen molar-refractivity contribution in [2.45, 2.75) is 17.8 Å². The van der Waals surface area contributed by atoms with Gasteiger partial charge in [-0.25, -0.2) is 4.98 Å². The zero-order chi connectivity index (χ0) is 20.5. The van der Waals surface area contributed by atoms with Crippen LogP contribution in [0.25, 0.3) is 10.6 Å². The molecule has 0 saturated carbocycles. The van der Waals surface area contributed by atoms with Gasteiger partial charge in [-0.05, 0) is 18.6 Å². The first-order chi connectivity index (χ1) is 14.7. The van der Waals surface area contributed by atoms with Crippen molar-refractivity contribution in [1.29, 1.82) is 0 Å². The number of ether oxygens (including phenoxy) is 1. The lowest BCUT2D eigenvalue weighted by Gasteiger charge is -2.28. The van der Waals surface area contributed by atoms with E-state index in [4.69, 9.17) is 4.74 Å². The standard InChI is InChI=1S/C20H20N6O2S2/c1-14-4-2-3-5-16(14)26-18(24-6-9-28-10-7-24)22-23-20(26)30-13-15-12-17(27)25-8-11-29-19(25)21-15/h2-5,8,11-12H,6-7,9-10,13H2,1H3. The average molecular weight is 441 g/mol. The van der Waals surface area contributed by atoms with Crippen molar-refractivity contribution in [3.8, 4) is 5.69 Å². The first-order valence-corrected chi connectivity index (χ1v) is 11.5. The summed E-state index contributed by atoms with van der Waals surface area (Å²) in [5.74, 6) is 1.35. The molecule has 4 aromatic rings. The van der Waals surface area contributed by atoms with Gasteiger partial charge < -0.3 is 9.64 Å². The van der Waals surface area contributed by atoms with Gasteiger partial charge in [0.25, 0.3) is 5.56 Å². The second-order valence-electron chi connectivity index (χ2n) is 6.93. The Hall–Kier alpha value is -2.69. The van der Waals surface area contributed by atoms with E-state index in [1.54, 1.807) is 16.7 Å². The van der Waals surface area contributed by atoms with E-state index in [0.717, 1.165) is 41.1 Å². The normalized spacial score (nSPS) is 14.5. The summed E-state index contributed by atoms with van der Waals surface area (Å²) >= 11 is 2.99. The minimum absolute atomic E-state index is 0.0637. The highest BCUT2D eigenvalue weighted by Gasteiger charge is 2.22. The molecule has 0 N–H and O–H groups in total. The molecule has 0 radical (unpaired) electrons. The second kappa shape index (κ2) is 8.21. The first-order valence-electron chi connectivity index (χ1n) is 9.63. The number of thiazole rings is 1. The van der Waals surface area contributed by atoms with E-state index in [0.29, 0.717) is 23.9 Å². The smallest absolute Gasteiger partial charge is 0.258 e. The number of aromatic nitrogens is 5. The summed E-state index contributed by atoms with van der Waals surface area (Å²) in [6, 6.07) is 9.80. The van der Waals surface area contributed by atoms with Crippen LogP contribution in [0.15, 0.2) is 51.9 Å². The number of nitrogens with zero attached hydrogens (tertiary/aromatic N) is 6. The Morgan fingerprint density at radius 3 is 2.87 bits per heavy atom.